The highest BCUT2D eigenvalue weighted by molar-refractivity contribution is 4.99. The first-order valence-corrected chi connectivity index (χ1v) is 6.36. The number of likely N-dealkylation sites (N-methyl/N-ethyl adjacent to an activating group) is 1. The second kappa shape index (κ2) is 5.14. The summed E-state index contributed by atoms with van der Waals surface area (Å²) in [6.45, 7) is 6.14. The zero-order chi connectivity index (χ0) is 12.3. The van der Waals surface area contributed by atoms with Gasteiger partial charge in [0.2, 0.25) is 0 Å². The van der Waals surface area contributed by atoms with E-state index in [1.54, 1.807) is 6.33 Å². The molecule has 1 saturated heterocycles. The predicted octanol–water partition coefficient (Wildman–Crippen LogP) is 0.905. The van der Waals surface area contributed by atoms with Gasteiger partial charge in [-0.05, 0) is 26.3 Å². The van der Waals surface area contributed by atoms with Gasteiger partial charge in [0.1, 0.15) is 12.2 Å². The maximum absolute atomic E-state index is 5.92. The summed E-state index contributed by atoms with van der Waals surface area (Å²) in [6, 6.07) is 0.304. The minimum absolute atomic E-state index is 0.0675. The Labute approximate surface area is 103 Å². The Hall–Kier alpha value is -0.940. The highest BCUT2D eigenvalue weighted by Crippen LogP contribution is 2.30. The Bertz CT molecular complexity index is 357. The lowest BCUT2D eigenvalue weighted by Crippen LogP contribution is -2.50. The lowest BCUT2D eigenvalue weighted by Gasteiger charge is -2.33. The fraction of sp³-hybridized carbons (Fsp3) is 0.833. The van der Waals surface area contributed by atoms with Gasteiger partial charge in [-0.25, -0.2) is 4.98 Å². The Kier molecular flexibility index (Phi) is 3.79. The third-order valence-corrected chi connectivity index (χ3v) is 3.63. The van der Waals surface area contributed by atoms with Crippen LogP contribution in [-0.2, 0) is 18.2 Å². The maximum atomic E-state index is 5.92. The van der Waals surface area contributed by atoms with E-state index in [-0.39, 0.29) is 5.60 Å². The summed E-state index contributed by atoms with van der Waals surface area (Å²) >= 11 is 0. The zero-order valence-corrected chi connectivity index (χ0v) is 10.9. The quantitative estimate of drug-likeness (QED) is 0.828. The Morgan fingerprint density at radius 1 is 1.65 bits per heavy atom. The first-order valence-electron chi connectivity index (χ1n) is 6.36. The summed E-state index contributed by atoms with van der Waals surface area (Å²) in [5, 5.41) is 7.64. The van der Waals surface area contributed by atoms with Crippen molar-refractivity contribution >= 4 is 0 Å². The van der Waals surface area contributed by atoms with Crippen LogP contribution in [0.25, 0.3) is 0 Å². The minimum Gasteiger partial charge on any atom is -0.374 e. The number of hydrogen-bond acceptors (Lipinski definition) is 4. The molecule has 2 rings (SSSR count). The second-order valence-electron chi connectivity index (χ2n) is 4.88. The molecule has 0 saturated carbocycles. The molecule has 1 aromatic rings. The standard InChI is InChI=1S/C12H22N4O/c1-4-13-10(12(2)6-5-7-17-12)8-11-14-9-15-16(11)3/h9-10,13H,4-8H2,1-3H3. The molecule has 2 heterocycles. The Morgan fingerprint density at radius 2 is 2.47 bits per heavy atom. The van der Waals surface area contributed by atoms with E-state index < -0.39 is 0 Å². The van der Waals surface area contributed by atoms with Gasteiger partial charge in [-0.3, -0.25) is 4.68 Å². The molecule has 1 aliphatic rings. The topological polar surface area (TPSA) is 52.0 Å². The number of ether oxygens (including phenoxy) is 1. The molecule has 0 aliphatic carbocycles. The molecule has 2 unspecified atom stereocenters. The Balaban J connectivity index is 2.09. The smallest absolute Gasteiger partial charge is 0.138 e. The molecule has 0 radical (unpaired) electrons. The lowest BCUT2D eigenvalue weighted by molar-refractivity contribution is -0.0117. The third-order valence-electron chi connectivity index (χ3n) is 3.63. The van der Waals surface area contributed by atoms with Crippen molar-refractivity contribution in [3.05, 3.63) is 12.2 Å². The van der Waals surface area contributed by atoms with Gasteiger partial charge in [0, 0.05) is 26.1 Å². The van der Waals surface area contributed by atoms with Crippen LogP contribution in [0.3, 0.4) is 0 Å². The molecule has 0 bridgehead atoms. The van der Waals surface area contributed by atoms with E-state index in [2.05, 4.69) is 29.2 Å². The van der Waals surface area contributed by atoms with Gasteiger partial charge in [0.25, 0.3) is 0 Å². The van der Waals surface area contributed by atoms with Crippen molar-refractivity contribution in [3.63, 3.8) is 0 Å². The van der Waals surface area contributed by atoms with Crippen molar-refractivity contribution in [1.82, 2.24) is 20.1 Å². The molecule has 1 fully saturated rings. The molecule has 17 heavy (non-hydrogen) atoms. The third kappa shape index (κ3) is 2.66. The van der Waals surface area contributed by atoms with Crippen LogP contribution in [0, 0.1) is 0 Å². The average molecular weight is 238 g/mol. The summed E-state index contributed by atoms with van der Waals surface area (Å²) in [6.07, 6.45) is 4.73. The monoisotopic (exact) mass is 238 g/mol. The highest BCUT2D eigenvalue weighted by Gasteiger charge is 2.38. The first kappa shape index (κ1) is 12.5. The molecule has 1 aliphatic heterocycles. The summed E-state index contributed by atoms with van der Waals surface area (Å²) in [4.78, 5) is 4.30. The van der Waals surface area contributed by atoms with Crippen molar-refractivity contribution in [3.8, 4) is 0 Å². The molecular formula is C12H22N4O. The molecule has 2 atom stereocenters. The van der Waals surface area contributed by atoms with Crippen molar-refractivity contribution in [2.45, 2.75) is 44.8 Å². The van der Waals surface area contributed by atoms with Crippen LogP contribution in [0.1, 0.15) is 32.5 Å². The molecule has 0 amide bonds. The molecule has 0 aromatic carbocycles. The molecule has 96 valence electrons. The second-order valence-corrected chi connectivity index (χ2v) is 4.88. The van der Waals surface area contributed by atoms with E-state index in [9.17, 15) is 0 Å². The lowest BCUT2D eigenvalue weighted by atomic mass is 9.90. The number of aryl methyl sites for hydroxylation is 1. The molecule has 0 spiro atoms. The number of nitrogens with zero attached hydrogens (tertiary/aromatic N) is 3. The van der Waals surface area contributed by atoms with Gasteiger partial charge >= 0.3 is 0 Å². The van der Waals surface area contributed by atoms with Crippen LogP contribution < -0.4 is 5.32 Å². The fourth-order valence-corrected chi connectivity index (χ4v) is 2.51. The zero-order valence-electron chi connectivity index (χ0n) is 10.9. The number of nitrogens with one attached hydrogen (secondary N) is 1. The van der Waals surface area contributed by atoms with Crippen LogP contribution in [0.5, 0.6) is 0 Å². The minimum atomic E-state index is -0.0675. The van der Waals surface area contributed by atoms with Crippen LogP contribution in [-0.4, -0.2) is 39.6 Å². The van der Waals surface area contributed by atoms with Crippen molar-refractivity contribution in [1.29, 1.82) is 0 Å². The van der Waals surface area contributed by atoms with Gasteiger partial charge in [0.15, 0.2) is 0 Å². The van der Waals surface area contributed by atoms with Gasteiger partial charge in [-0.1, -0.05) is 6.92 Å². The molecule has 1 aromatic heterocycles. The molecule has 5 nitrogen and oxygen atoms in total. The first-order chi connectivity index (χ1) is 8.15. The van der Waals surface area contributed by atoms with E-state index in [4.69, 9.17) is 4.74 Å². The number of hydrogen-bond donors (Lipinski definition) is 1. The summed E-state index contributed by atoms with van der Waals surface area (Å²) in [5.41, 5.74) is -0.0675. The largest absolute Gasteiger partial charge is 0.374 e. The summed E-state index contributed by atoms with van der Waals surface area (Å²) in [5.74, 6) is 1.01. The van der Waals surface area contributed by atoms with Crippen molar-refractivity contribution in [2.24, 2.45) is 7.05 Å². The normalized spacial score (nSPS) is 26.3. The van der Waals surface area contributed by atoms with Crippen LogP contribution in [0.15, 0.2) is 6.33 Å². The van der Waals surface area contributed by atoms with E-state index in [1.807, 2.05) is 11.7 Å². The molecular weight excluding hydrogens is 216 g/mol. The van der Waals surface area contributed by atoms with E-state index in [0.717, 1.165) is 38.2 Å². The van der Waals surface area contributed by atoms with Crippen LogP contribution in [0.4, 0.5) is 0 Å². The van der Waals surface area contributed by atoms with E-state index in [0.29, 0.717) is 6.04 Å². The summed E-state index contributed by atoms with van der Waals surface area (Å²) < 4.78 is 7.76. The maximum Gasteiger partial charge on any atom is 0.138 e. The van der Waals surface area contributed by atoms with Crippen molar-refractivity contribution in [2.75, 3.05) is 13.2 Å². The predicted molar refractivity (Wildman–Crippen MR) is 65.8 cm³/mol. The van der Waals surface area contributed by atoms with E-state index in [1.165, 1.54) is 0 Å². The molecule has 1 N–H and O–H groups in total. The van der Waals surface area contributed by atoms with Crippen LogP contribution in [0.2, 0.25) is 0 Å². The van der Waals surface area contributed by atoms with Gasteiger partial charge in [0.05, 0.1) is 5.60 Å². The number of aromatic nitrogens is 3. The van der Waals surface area contributed by atoms with Gasteiger partial charge in [-0.15, -0.1) is 0 Å². The fourth-order valence-electron chi connectivity index (χ4n) is 2.51. The van der Waals surface area contributed by atoms with Crippen molar-refractivity contribution < 1.29 is 4.74 Å². The SMILES string of the molecule is CCNC(Cc1ncnn1C)C1(C)CCCO1. The average Bonchev–Trinajstić information content (AvgIpc) is 2.89. The Morgan fingerprint density at radius 3 is 3.00 bits per heavy atom. The van der Waals surface area contributed by atoms with Gasteiger partial charge < -0.3 is 10.1 Å². The highest BCUT2D eigenvalue weighted by atomic mass is 16.5. The number of rotatable bonds is 5. The van der Waals surface area contributed by atoms with Gasteiger partial charge in [-0.2, -0.15) is 5.10 Å². The van der Waals surface area contributed by atoms with E-state index >= 15 is 0 Å². The molecule has 5 heteroatoms. The summed E-state index contributed by atoms with van der Waals surface area (Å²) in [7, 11) is 1.93. The van der Waals surface area contributed by atoms with Crippen LogP contribution >= 0.6 is 0 Å².